The predicted octanol–water partition coefficient (Wildman–Crippen LogP) is 1.73. The van der Waals surface area contributed by atoms with Crippen molar-refractivity contribution < 1.29 is 4.79 Å². The molecule has 0 spiro atoms. The van der Waals surface area contributed by atoms with Crippen molar-refractivity contribution in [3.63, 3.8) is 0 Å². The molecule has 0 aliphatic carbocycles. The first-order chi connectivity index (χ1) is 9.63. The van der Waals surface area contributed by atoms with E-state index in [9.17, 15) is 4.79 Å². The molecule has 1 amide bonds. The third-order valence-corrected chi connectivity index (χ3v) is 2.81. The highest BCUT2D eigenvalue weighted by Gasteiger charge is 2.14. The number of amides is 1. The molecule has 0 fully saturated rings. The average Bonchev–Trinajstić information content (AvgIpc) is 2.81. The first-order valence-corrected chi connectivity index (χ1v) is 6.11. The van der Waals surface area contributed by atoms with Gasteiger partial charge in [-0.15, -0.1) is 0 Å². The van der Waals surface area contributed by atoms with Gasteiger partial charge < -0.3 is 0 Å². The van der Waals surface area contributed by atoms with Gasteiger partial charge in [-0.2, -0.15) is 5.10 Å². The number of aromatic nitrogens is 5. The van der Waals surface area contributed by atoms with E-state index in [2.05, 4.69) is 25.4 Å². The van der Waals surface area contributed by atoms with Gasteiger partial charge in [0.25, 0.3) is 5.91 Å². The minimum atomic E-state index is -0.366. The van der Waals surface area contributed by atoms with Gasteiger partial charge in [-0.05, 0) is 13.0 Å². The summed E-state index contributed by atoms with van der Waals surface area (Å²) in [7, 11) is 0. The topological polar surface area (TPSA) is 85.1 Å². The number of nitrogens with zero attached hydrogens (tertiary/aromatic N) is 5. The third-order valence-electron chi connectivity index (χ3n) is 2.62. The van der Waals surface area contributed by atoms with Crippen LogP contribution in [0, 0.1) is 6.92 Å². The molecule has 0 aliphatic heterocycles. The van der Waals surface area contributed by atoms with Crippen LogP contribution >= 0.6 is 11.6 Å². The number of fused-ring (bicyclic) bond motifs is 1. The normalized spacial score (nSPS) is 10.7. The van der Waals surface area contributed by atoms with Gasteiger partial charge in [0.2, 0.25) is 5.95 Å². The minimum absolute atomic E-state index is 0.156. The molecule has 0 atom stereocenters. The molecule has 100 valence electrons. The molecule has 0 aromatic carbocycles. The number of anilines is 1. The number of halogens is 1. The van der Waals surface area contributed by atoms with Gasteiger partial charge in [0, 0.05) is 18.1 Å². The summed E-state index contributed by atoms with van der Waals surface area (Å²) in [6.45, 7) is 1.77. The van der Waals surface area contributed by atoms with Crippen molar-refractivity contribution in [1.82, 2.24) is 24.6 Å². The molecule has 0 aliphatic rings. The largest absolute Gasteiger partial charge is 0.290 e. The van der Waals surface area contributed by atoms with E-state index < -0.39 is 0 Å². The van der Waals surface area contributed by atoms with Crippen LogP contribution in [0.4, 0.5) is 5.95 Å². The molecule has 3 rings (SSSR count). The first-order valence-electron chi connectivity index (χ1n) is 5.73. The molecule has 1 N–H and O–H groups in total. The molecule has 0 saturated carbocycles. The van der Waals surface area contributed by atoms with E-state index in [1.807, 2.05) is 0 Å². The number of carbonyl (C=O) groups is 1. The Morgan fingerprint density at radius 1 is 1.35 bits per heavy atom. The molecule has 7 nitrogen and oxygen atoms in total. The summed E-state index contributed by atoms with van der Waals surface area (Å²) < 4.78 is 1.56. The lowest BCUT2D eigenvalue weighted by Crippen LogP contribution is -2.14. The molecule has 0 saturated heterocycles. The minimum Gasteiger partial charge on any atom is -0.290 e. The lowest BCUT2D eigenvalue weighted by Gasteiger charge is -2.03. The summed E-state index contributed by atoms with van der Waals surface area (Å²) in [5.74, 6) is -0.210. The fraction of sp³-hybridized carbons (Fsp3) is 0.0833. The third kappa shape index (κ3) is 2.30. The highest BCUT2D eigenvalue weighted by molar-refractivity contribution is 6.29. The smallest absolute Gasteiger partial charge is 0.261 e. The summed E-state index contributed by atoms with van der Waals surface area (Å²) in [5.41, 5.74) is 1.66. The van der Waals surface area contributed by atoms with Gasteiger partial charge in [0.15, 0.2) is 0 Å². The molecule has 3 heterocycles. The molecule has 3 aromatic rings. The number of carbonyl (C=O) groups excluding carboxylic acids is 1. The predicted molar refractivity (Wildman–Crippen MR) is 72.7 cm³/mol. The van der Waals surface area contributed by atoms with Crippen LogP contribution in [0.15, 0.2) is 30.9 Å². The molecular weight excluding hydrogens is 280 g/mol. The molecular formula is C12H9ClN6O. The maximum atomic E-state index is 12.2. The van der Waals surface area contributed by atoms with Crippen molar-refractivity contribution in [3.05, 3.63) is 47.3 Å². The second-order valence-electron chi connectivity index (χ2n) is 4.07. The lowest BCUT2D eigenvalue weighted by atomic mass is 10.3. The zero-order chi connectivity index (χ0) is 14.1. The maximum absolute atomic E-state index is 12.2. The number of hydrogen-bond acceptors (Lipinski definition) is 5. The Morgan fingerprint density at radius 3 is 3.00 bits per heavy atom. The van der Waals surface area contributed by atoms with Crippen molar-refractivity contribution in [2.24, 2.45) is 0 Å². The molecule has 0 bridgehead atoms. The van der Waals surface area contributed by atoms with Crippen LogP contribution in [0.5, 0.6) is 0 Å². The van der Waals surface area contributed by atoms with Crippen molar-refractivity contribution in [2.45, 2.75) is 6.92 Å². The Bertz CT molecular complexity index is 779. The van der Waals surface area contributed by atoms with E-state index >= 15 is 0 Å². The van der Waals surface area contributed by atoms with Crippen molar-refractivity contribution in [3.8, 4) is 0 Å². The Balaban J connectivity index is 1.93. The van der Waals surface area contributed by atoms with Gasteiger partial charge in [0.05, 0.1) is 23.5 Å². The number of nitrogens with one attached hydrogen (secondary N) is 1. The van der Waals surface area contributed by atoms with Gasteiger partial charge in [-0.25, -0.2) is 14.5 Å². The molecule has 3 aromatic heterocycles. The fourth-order valence-electron chi connectivity index (χ4n) is 1.76. The van der Waals surface area contributed by atoms with Crippen LogP contribution in [0.25, 0.3) is 5.52 Å². The first kappa shape index (κ1) is 12.5. The van der Waals surface area contributed by atoms with Gasteiger partial charge >= 0.3 is 0 Å². The Hall–Kier alpha value is -2.54. The van der Waals surface area contributed by atoms with Gasteiger partial charge in [-0.3, -0.25) is 15.1 Å². The molecule has 0 radical (unpaired) electrons. The van der Waals surface area contributed by atoms with Crippen LogP contribution in [0.1, 0.15) is 16.1 Å². The highest BCUT2D eigenvalue weighted by atomic mass is 35.5. The second-order valence-corrected chi connectivity index (χ2v) is 4.46. The van der Waals surface area contributed by atoms with E-state index in [0.717, 1.165) is 0 Å². The number of rotatable bonds is 2. The Morgan fingerprint density at radius 2 is 2.20 bits per heavy atom. The van der Waals surface area contributed by atoms with Crippen LogP contribution in [0.3, 0.4) is 0 Å². The van der Waals surface area contributed by atoms with Crippen LogP contribution < -0.4 is 5.32 Å². The van der Waals surface area contributed by atoms with Crippen molar-refractivity contribution in [1.29, 1.82) is 0 Å². The highest BCUT2D eigenvalue weighted by Crippen LogP contribution is 2.13. The van der Waals surface area contributed by atoms with E-state index in [4.69, 9.17) is 11.6 Å². The Kier molecular flexibility index (Phi) is 3.03. The van der Waals surface area contributed by atoms with Crippen molar-refractivity contribution in [2.75, 3.05) is 5.32 Å². The van der Waals surface area contributed by atoms with Crippen LogP contribution in [-0.4, -0.2) is 30.5 Å². The van der Waals surface area contributed by atoms with E-state index in [1.54, 1.807) is 36.1 Å². The summed E-state index contributed by atoms with van der Waals surface area (Å²) in [6, 6.07) is 1.61. The Labute approximate surface area is 118 Å². The second kappa shape index (κ2) is 4.86. The monoisotopic (exact) mass is 288 g/mol. The van der Waals surface area contributed by atoms with Gasteiger partial charge in [-0.1, -0.05) is 11.6 Å². The average molecular weight is 289 g/mol. The number of hydrogen-bond donors (Lipinski definition) is 1. The molecule has 0 unspecified atom stereocenters. The van der Waals surface area contributed by atoms with Gasteiger partial charge in [0.1, 0.15) is 5.15 Å². The summed E-state index contributed by atoms with van der Waals surface area (Å²) in [5, 5.41) is 6.93. The van der Waals surface area contributed by atoms with E-state index in [0.29, 0.717) is 16.8 Å². The number of aryl methyl sites for hydroxylation is 1. The molecule has 8 heteroatoms. The quantitative estimate of drug-likeness (QED) is 0.726. The van der Waals surface area contributed by atoms with Crippen molar-refractivity contribution >= 4 is 29.0 Å². The molecule has 20 heavy (non-hydrogen) atoms. The van der Waals surface area contributed by atoms with Crippen LogP contribution in [-0.2, 0) is 0 Å². The summed E-state index contributed by atoms with van der Waals surface area (Å²) in [4.78, 5) is 24.2. The van der Waals surface area contributed by atoms with Crippen LogP contribution in [0.2, 0.25) is 5.15 Å². The fourth-order valence-corrected chi connectivity index (χ4v) is 2.00. The van der Waals surface area contributed by atoms with E-state index in [-0.39, 0.29) is 17.0 Å². The summed E-state index contributed by atoms with van der Waals surface area (Å²) in [6.07, 6.45) is 6.27. The summed E-state index contributed by atoms with van der Waals surface area (Å²) >= 11 is 5.82. The van der Waals surface area contributed by atoms with E-state index in [1.165, 1.54) is 6.20 Å². The maximum Gasteiger partial charge on any atom is 0.261 e. The standard InChI is InChI=1S/C12H9ClN6O/c1-7-4-10(13)17-12(16-7)18-11(20)8-5-15-19-3-2-14-6-9(8)19/h2-6H,1H3,(H,16,17,18,20). The SMILES string of the molecule is Cc1cc(Cl)nc(NC(=O)c2cnn3ccncc23)n1. The lowest BCUT2D eigenvalue weighted by molar-refractivity contribution is 0.102. The zero-order valence-corrected chi connectivity index (χ0v) is 11.2. The zero-order valence-electron chi connectivity index (χ0n) is 10.4.